The van der Waals surface area contributed by atoms with E-state index >= 15 is 0 Å². The Kier molecular flexibility index (Phi) is 7.06. The summed E-state index contributed by atoms with van der Waals surface area (Å²) in [5.41, 5.74) is 5.09. The molecule has 0 aromatic heterocycles. The highest BCUT2D eigenvalue weighted by Gasteiger charge is 2.27. The van der Waals surface area contributed by atoms with Gasteiger partial charge in [-0.1, -0.05) is 11.6 Å². The topological polar surface area (TPSA) is 55.1 Å². The van der Waals surface area contributed by atoms with Crippen LogP contribution >= 0.6 is 39.9 Å². The van der Waals surface area contributed by atoms with Crippen molar-refractivity contribution < 1.29 is 13.6 Å². The summed E-state index contributed by atoms with van der Waals surface area (Å²) in [6, 6.07) is 4.41. The molecule has 3 N–H and O–H groups in total. The van der Waals surface area contributed by atoms with Crippen LogP contribution in [0.2, 0.25) is 5.02 Å². The summed E-state index contributed by atoms with van der Waals surface area (Å²) in [4.78, 5) is 11.5. The summed E-state index contributed by atoms with van der Waals surface area (Å²) < 4.78 is 26.1. The zero-order chi connectivity index (χ0) is 13.1. The summed E-state index contributed by atoms with van der Waals surface area (Å²) in [6.45, 7) is -1.60. The van der Waals surface area contributed by atoms with Gasteiger partial charge < -0.3 is 11.1 Å². The highest BCUT2D eigenvalue weighted by atomic mass is 79.9. The molecule has 0 aliphatic carbocycles. The summed E-state index contributed by atoms with van der Waals surface area (Å²) in [7, 11) is 0. The molecule has 0 heterocycles. The average Bonchev–Trinajstić information content (AvgIpc) is 2.30. The summed E-state index contributed by atoms with van der Waals surface area (Å²) in [6.07, 6.45) is 0. The maximum Gasteiger partial charge on any atom is 0.277 e. The first-order valence-electron chi connectivity index (χ1n) is 4.67. The number of nitrogens with one attached hydrogen (secondary N) is 1. The molecule has 0 radical (unpaired) electrons. The predicted octanol–water partition coefficient (Wildman–Crippen LogP) is 2.85. The van der Waals surface area contributed by atoms with Gasteiger partial charge in [0.25, 0.3) is 11.8 Å². The summed E-state index contributed by atoms with van der Waals surface area (Å²) >= 11 is 8.88. The molecule has 8 heteroatoms. The second kappa shape index (κ2) is 7.23. The van der Waals surface area contributed by atoms with Gasteiger partial charge in [-0.05, 0) is 34.1 Å². The lowest BCUT2D eigenvalue weighted by Gasteiger charge is -2.14. The second-order valence-corrected chi connectivity index (χ2v) is 4.63. The first-order chi connectivity index (χ1) is 7.85. The molecule has 0 fully saturated rings. The minimum atomic E-state index is -3.10. The number of benzene rings is 1. The van der Waals surface area contributed by atoms with Crippen molar-refractivity contribution in [3.8, 4) is 0 Å². The van der Waals surface area contributed by atoms with Crippen LogP contribution in [0.25, 0.3) is 0 Å². The fraction of sp³-hybridized carbons (Fsp3) is 0.300. The van der Waals surface area contributed by atoms with Crippen LogP contribution < -0.4 is 11.1 Å². The van der Waals surface area contributed by atoms with Crippen LogP contribution in [0, 0.1) is 0 Å². The Bertz CT molecular complexity index is 432. The quantitative estimate of drug-likeness (QED) is 0.864. The Hall–Kier alpha value is -0.430. The number of hydrogen-bond acceptors (Lipinski definition) is 2. The largest absolute Gasteiger partial charge is 0.346 e. The van der Waals surface area contributed by atoms with Crippen LogP contribution in [0.3, 0.4) is 0 Å². The van der Waals surface area contributed by atoms with Crippen molar-refractivity contribution in [3.63, 3.8) is 0 Å². The third-order valence-corrected chi connectivity index (χ3v) is 3.20. The van der Waals surface area contributed by atoms with Crippen LogP contribution in [-0.2, 0) is 0 Å². The second-order valence-electron chi connectivity index (χ2n) is 3.37. The molecule has 0 unspecified atom stereocenters. The Labute approximate surface area is 123 Å². The van der Waals surface area contributed by atoms with E-state index in [2.05, 4.69) is 21.2 Å². The van der Waals surface area contributed by atoms with Gasteiger partial charge in [0.15, 0.2) is 0 Å². The predicted molar refractivity (Wildman–Crippen MR) is 72.7 cm³/mol. The lowest BCUT2D eigenvalue weighted by atomic mass is 10.2. The fourth-order valence-corrected chi connectivity index (χ4v) is 1.52. The van der Waals surface area contributed by atoms with E-state index in [1.165, 1.54) is 18.2 Å². The molecule has 0 spiro atoms. The van der Waals surface area contributed by atoms with Gasteiger partial charge in [0.05, 0.1) is 18.1 Å². The molecule has 102 valence electrons. The Morgan fingerprint density at radius 2 is 2.11 bits per heavy atom. The number of nitrogens with two attached hydrogens (primary N) is 1. The first-order valence-corrected chi connectivity index (χ1v) is 5.84. The Morgan fingerprint density at radius 1 is 1.50 bits per heavy atom. The van der Waals surface area contributed by atoms with Crippen molar-refractivity contribution >= 4 is 45.8 Å². The van der Waals surface area contributed by atoms with Gasteiger partial charge in [-0.25, -0.2) is 8.78 Å². The van der Waals surface area contributed by atoms with Gasteiger partial charge >= 0.3 is 0 Å². The van der Waals surface area contributed by atoms with E-state index in [1.54, 1.807) is 0 Å². The number of hydrogen-bond donors (Lipinski definition) is 2. The third kappa shape index (κ3) is 5.06. The minimum absolute atomic E-state index is 0. The van der Waals surface area contributed by atoms with Gasteiger partial charge in [0.2, 0.25) is 0 Å². The number of halogens is 5. The molecule has 0 aliphatic rings. The molecule has 0 atom stereocenters. The lowest BCUT2D eigenvalue weighted by Crippen LogP contribution is -2.41. The molecule has 0 bridgehead atoms. The molecule has 1 aromatic carbocycles. The van der Waals surface area contributed by atoms with Crippen molar-refractivity contribution in [2.24, 2.45) is 5.73 Å². The smallest absolute Gasteiger partial charge is 0.277 e. The van der Waals surface area contributed by atoms with Crippen LogP contribution in [0.4, 0.5) is 8.78 Å². The molecule has 1 amide bonds. The van der Waals surface area contributed by atoms with Crippen LogP contribution in [-0.4, -0.2) is 24.9 Å². The van der Waals surface area contributed by atoms with E-state index in [0.29, 0.717) is 9.50 Å². The standard InChI is InChI=1S/C10H10BrClF2N2O.ClH/c11-7-3-6(1-2-8(7)12)9(17)16-5-10(13,14)4-15;/h1-3H,4-5,15H2,(H,16,17);1H. The van der Waals surface area contributed by atoms with E-state index in [1.807, 2.05) is 0 Å². The molecular weight excluding hydrogens is 353 g/mol. The zero-order valence-corrected chi connectivity index (χ0v) is 12.2. The van der Waals surface area contributed by atoms with E-state index in [-0.39, 0.29) is 18.0 Å². The molecule has 1 aromatic rings. The minimum Gasteiger partial charge on any atom is -0.346 e. The maximum absolute atomic E-state index is 12.8. The van der Waals surface area contributed by atoms with Gasteiger partial charge in [0, 0.05) is 10.0 Å². The molecular formula is C10H11BrCl2F2N2O. The fourth-order valence-electron chi connectivity index (χ4n) is 1.02. The van der Waals surface area contributed by atoms with Crippen molar-refractivity contribution in [2.75, 3.05) is 13.1 Å². The first kappa shape index (κ1) is 17.6. The third-order valence-electron chi connectivity index (χ3n) is 1.99. The van der Waals surface area contributed by atoms with Crippen molar-refractivity contribution in [2.45, 2.75) is 5.92 Å². The number of alkyl halides is 2. The number of carbonyl (C=O) groups is 1. The number of carbonyl (C=O) groups excluding carboxylic acids is 1. The van der Waals surface area contributed by atoms with Crippen LogP contribution in [0.1, 0.15) is 10.4 Å². The van der Waals surface area contributed by atoms with E-state index in [4.69, 9.17) is 17.3 Å². The highest BCUT2D eigenvalue weighted by Crippen LogP contribution is 2.23. The SMILES string of the molecule is Cl.NCC(F)(F)CNC(=O)c1ccc(Cl)c(Br)c1. The van der Waals surface area contributed by atoms with Gasteiger partial charge in [-0.3, -0.25) is 4.79 Å². The lowest BCUT2D eigenvalue weighted by molar-refractivity contribution is 0.0118. The zero-order valence-electron chi connectivity index (χ0n) is 9.05. The monoisotopic (exact) mass is 362 g/mol. The van der Waals surface area contributed by atoms with Crippen molar-refractivity contribution in [1.82, 2.24) is 5.32 Å². The molecule has 0 aliphatic heterocycles. The van der Waals surface area contributed by atoms with Gasteiger partial charge in [-0.2, -0.15) is 0 Å². The molecule has 0 saturated carbocycles. The van der Waals surface area contributed by atoms with Gasteiger partial charge in [-0.15, -0.1) is 12.4 Å². The van der Waals surface area contributed by atoms with E-state index < -0.39 is 24.9 Å². The van der Waals surface area contributed by atoms with Gasteiger partial charge in [0.1, 0.15) is 0 Å². The summed E-state index contributed by atoms with van der Waals surface area (Å²) in [5.74, 6) is -3.70. The van der Waals surface area contributed by atoms with Crippen LogP contribution in [0.15, 0.2) is 22.7 Å². The highest BCUT2D eigenvalue weighted by molar-refractivity contribution is 9.10. The number of rotatable bonds is 4. The van der Waals surface area contributed by atoms with E-state index in [0.717, 1.165) is 0 Å². The molecule has 0 saturated heterocycles. The molecule has 18 heavy (non-hydrogen) atoms. The molecule has 3 nitrogen and oxygen atoms in total. The van der Waals surface area contributed by atoms with Crippen molar-refractivity contribution in [1.29, 1.82) is 0 Å². The Balaban J connectivity index is 0.00000289. The number of amides is 1. The van der Waals surface area contributed by atoms with Crippen molar-refractivity contribution in [3.05, 3.63) is 33.3 Å². The van der Waals surface area contributed by atoms with E-state index in [9.17, 15) is 13.6 Å². The summed E-state index contributed by atoms with van der Waals surface area (Å²) in [5, 5.41) is 2.54. The maximum atomic E-state index is 12.8. The average molecular weight is 364 g/mol. The van der Waals surface area contributed by atoms with Crippen LogP contribution in [0.5, 0.6) is 0 Å². The normalized spacial score (nSPS) is 10.7. The molecule has 1 rings (SSSR count). The Morgan fingerprint density at radius 3 is 2.61 bits per heavy atom.